The number of hydrogen-bond donors (Lipinski definition) is 2. The minimum absolute atomic E-state index is 0.0511. The first-order valence-electron chi connectivity index (χ1n) is 13.1. The summed E-state index contributed by atoms with van der Waals surface area (Å²) in [5.74, 6) is -0.280. The summed E-state index contributed by atoms with van der Waals surface area (Å²) < 4.78 is 5.33. The molecule has 1 unspecified atom stereocenters. The van der Waals surface area contributed by atoms with Crippen LogP contribution >= 0.6 is 11.6 Å². The highest BCUT2D eigenvalue weighted by molar-refractivity contribution is 6.34. The molecule has 5 rings (SSSR count). The van der Waals surface area contributed by atoms with E-state index in [1.165, 1.54) is 0 Å². The first-order chi connectivity index (χ1) is 17.8. The maximum Gasteiger partial charge on any atom is 0.258 e. The van der Waals surface area contributed by atoms with E-state index in [2.05, 4.69) is 10.2 Å². The van der Waals surface area contributed by atoms with Gasteiger partial charge in [0.05, 0.1) is 29.8 Å². The van der Waals surface area contributed by atoms with Gasteiger partial charge in [0.1, 0.15) is 0 Å². The molecule has 3 fully saturated rings. The molecule has 3 heterocycles. The molecule has 3 saturated heterocycles. The summed E-state index contributed by atoms with van der Waals surface area (Å²) in [6.45, 7) is 7.03. The third-order valence-corrected chi connectivity index (χ3v) is 8.11. The number of rotatable bonds is 6. The molecule has 8 nitrogen and oxygen atoms in total. The summed E-state index contributed by atoms with van der Waals surface area (Å²) >= 11 is 6.47. The quantitative estimate of drug-likeness (QED) is 0.602. The fourth-order valence-corrected chi connectivity index (χ4v) is 5.74. The second-order valence-electron chi connectivity index (χ2n) is 10.4. The summed E-state index contributed by atoms with van der Waals surface area (Å²) in [5, 5.41) is 14.9. The lowest BCUT2D eigenvalue weighted by molar-refractivity contribution is -0.152. The molecule has 0 aromatic heterocycles. The molecule has 0 spiro atoms. The Morgan fingerprint density at radius 1 is 1.00 bits per heavy atom. The van der Waals surface area contributed by atoms with Gasteiger partial charge >= 0.3 is 0 Å². The van der Waals surface area contributed by atoms with Crippen LogP contribution in [-0.2, 0) is 15.1 Å². The summed E-state index contributed by atoms with van der Waals surface area (Å²) in [6.07, 6.45) is 1.79. The number of anilines is 1. The van der Waals surface area contributed by atoms with Gasteiger partial charge in [-0.1, -0.05) is 41.9 Å². The SMILES string of the molecule is CC(O)(C(=O)N1CCC(N2CC(Nc3ccc(C(=O)N4CCOCC4)c(Cl)c3)C2)CC1)c1ccccc1. The van der Waals surface area contributed by atoms with E-state index >= 15 is 0 Å². The van der Waals surface area contributed by atoms with Crippen molar-refractivity contribution < 1.29 is 19.4 Å². The minimum Gasteiger partial charge on any atom is -0.380 e. The van der Waals surface area contributed by atoms with Crippen molar-refractivity contribution in [3.8, 4) is 0 Å². The highest BCUT2D eigenvalue weighted by Gasteiger charge is 2.40. The van der Waals surface area contributed by atoms with Crippen molar-refractivity contribution in [3.63, 3.8) is 0 Å². The number of carbonyl (C=O) groups excluding carboxylic acids is 2. The van der Waals surface area contributed by atoms with Gasteiger partial charge in [0.25, 0.3) is 11.8 Å². The van der Waals surface area contributed by atoms with Crippen molar-refractivity contribution in [1.82, 2.24) is 14.7 Å². The van der Waals surface area contributed by atoms with E-state index in [0.29, 0.717) is 67.6 Å². The average molecular weight is 527 g/mol. The van der Waals surface area contributed by atoms with Crippen molar-refractivity contribution in [1.29, 1.82) is 0 Å². The maximum atomic E-state index is 13.0. The summed E-state index contributed by atoms with van der Waals surface area (Å²) in [6, 6.07) is 15.4. The van der Waals surface area contributed by atoms with Crippen molar-refractivity contribution in [2.45, 2.75) is 37.5 Å². The molecular formula is C28H35ClN4O4. The number of nitrogens with one attached hydrogen (secondary N) is 1. The van der Waals surface area contributed by atoms with Crippen LogP contribution in [0.5, 0.6) is 0 Å². The van der Waals surface area contributed by atoms with Crippen LogP contribution in [0, 0.1) is 0 Å². The van der Waals surface area contributed by atoms with Crippen molar-refractivity contribution in [3.05, 3.63) is 64.7 Å². The van der Waals surface area contributed by atoms with Crippen molar-refractivity contribution >= 4 is 29.1 Å². The molecule has 37 heavy (non-hydrogen) atoms. The zero-order chi connectivity index (χ0) is 26.0. The Bertz CT molecular complexity index is 1110. The normalized spacial score (nSPS) is 21.3. The Balaban J connectivity index is 1.08. The van der Waals surface area contributed by atoms with Crippen LogP contribution in [0.3, 0.4) is 0 Å². The molecule has 2 aromatic carbocycles. The van der Waals surface area contributed by atoms with E-state index < -0.39 is 5.60 Å². The zero-order valence-electron chi connectivity index (χ0n) is 21.2. The number of halogens is 1. The standard InChI is InChI=1S/C28H35ClN4O4/c1-28(36,20-5-3-2-4-6-20)27(35)32-11-9-23(10-12-32)33-18-22(19-33)30-21-7-8-24(25(29)17-21)26(34)31-13-15-37-16-14-31/h2-8,17,22-23,30,36H,9-16,18-19H2,1H3. The molecule has 1 atom stereocenters. The molecule has 3 aliphatic rings. The fourth-order valence-electron chi connectivity index (χ4n) is 5.48. The lowest BCUT2D eigenvalue weighted by atomic mass is 9.92. The molecule has 9 heteroatoms. The number of nitrogens with zero attached hydrogens (tertiary/aromatic N) is 3. The molecule has 3 aliphatic heterocycles. The van der Waals surface area contributed by atoms with E-state index in [1.807, 2.05) is 30.3 Å². The van der Waals surface area contributed by atoms with Gasteiger partial charge in [-0.05, 0) is 43.5 Å². The van der Waals surface area contributed by atoms with Gasteiger partial charge in [-0.3, -0.25) is 14.5 Å². The molecule has 2 N–H and O–H groups in total. The predicted octanol–water partition coefficient (Wildman–Crippen LogP) is 2.81. The van der Waals surface area contributed by atoms with Gasteiger partial charge < -0.3 is 25.0 Å². The minimum atomic E-state index is -1.51. The van der Waals surface area contributed by atoms with Crippen LogP contribution in [0.2, 0.25) is 5.02 Å². The van der Waals surface area contributed by atoms with Crippen LogP contribution in [-0.4, -0.2) is 96.2 Å². The highest BCUT2D eigenvalue weighted by Crippen LogP contribution is 2.29. The monoisotopic (exact) mass is 526 g/mol. The van der Waals surface area contributed by atoms with Gasteiger partial charge in [-0.15, -0.1) is 0 Å². The zero-order valence-corrected chi connectivity index (χ0v) is 22.0. The lowest BCUT2D eigenvalue weighted by Gasteiger charge is -2.48. The van der Waals surface area contributed by atoms with Crippen molar-refractivity contribution in [2.75, 3.05) is 57.8 Å². The first-order valence-corrected chi connectivity index (χ1v) is 13.4. The highest BCUT2D eigenvalue weighted by atomic mass is 35.5. The van der Waals surface area contributed by atoms with Gasteiger partial charge in [0.2, 0.25) is 0 Å². The molecule has 0 saturated carbocycles. The van der Waals surface area contributed by atoms with Crippen LogP contribution in [0.25, 0.3) is 0 Å². The fraction of sp³-hybridized carbons (Fsp3) is 0.500. The van der Waals surface area contributed by atoms with Gasteiger partial charge in [-0.2, -0.15) is 0 Å². The number of hydrogen-bond acceptors (Lipinski definition) is 6. The largest absolute Gasteiger partial charge is 0.380 e. The Kier molecular flexibility index (Phi) is 7.72. The molecule has 2 aromatic rings. The topological polar surface area (TPSA) is 85.3 Å². The number of benzene rings is 2. The van der Waals surface area contributed by atoms with Crippen LogP contribution in [0.15, 0.2) is 48.5 Å². The maximum absolute atomic E-state index is 13.0. The van der Waals surface area contributed by atoms with Crippen LogP contribution in [0.4, 0.5) is 5.69 Å². The number of likely N-dealkylation sites (tertiary alicyclic amines) is 2. The summed E-state index contributed by atoms with van der Waals surface area (Å²) in [4.78, 5) is 31.8. The smallest absolute Gasteiger partial charge is 0.258 e. The van der Waals surface area contributed by atoms with Crippen LogP contribution < -0.4 is 5.32 Å². The number of carbonyl (C=O) groups is 2. The van der Waals surface area contributed by atoms with E-state index in [0.717, 1.165) is 31.6 Å². The third-order valence-electron chi connectivity index (χ3n) is 7.80. The number of morpholine rings is 1. The van der Waals surface area contributed by atoms with Crippen LogP contribution in [0.1, 0.15) is 35.7 Å². The van der Waals surface area contributed by atoms with Crippen molar-refractivity contribution in [2.24, 2.45) is 0 Å². The molecular weight excluding hydrogens is 492 g/mol. The second kappa shape index (κ2) is 11.0. The number of piperidine rings is 1. The third kappa shape index (κ3) is 5.62. The molecule has 0 radical (unpaired) electrons. The van der Waals surface area contributed by atoms with E-state index in [4.69, 9.17) is 16.3 Å². The molecule has 2 amide bonds. The lowest BCUT2D eigenvalue weighted by Crippen LogP contribution is -2.61. The summed E-state index contributed by atoms with van der Waals surface area (Å²) in [7, 11) is 0. The second-order valence-corrected chi connectivity index (χ2v) is 10.8. The number of aliphatic hydroxyl groups is 1. The molecule has 0 aliphatic carbocycles. The Morgan fingerprint density at radius 3 is 2.32 bits per heavy atom. The van der Waals surface area contributed by atoms with E-state index in [9.17, 15) is 14.7 Å². The number of amides is 2. The first kappa shape index (κ1) is 26.0. The Labute approximate surface area is 223 Å². The van der Waals surface area contributed by atoms with E-state index in [-0.39, 0.29) is 11.8 Å². The van der Waals surface area contributed by atoms with Gasteiger partial charge in [-0.25, -0.2) is 0 Å². The Hall–Kier alpha value is -2.65. The average Bonchev–Trinajstić information content (AvgIpc) is 2.91. The van der Waals surface area contributed by atoms with Gasteiger partial charge in [0.15, 0.2) is 5.60 Å². The predicted molar refractivity (Wildman–Crippen MR) is 143 cm³/mol. The van der Waals surface area contributed by atoms with E-state index in [1.54, 1.807) is 34.9 Å². The Morgan fingerprint density at radius 2 is 1.68 bits per heavy atom. The number of ether oxygens (including phenoxy) is 1. The molecule has 0 bridgehead atoms. The van der Waals surface area contributed by atoms with Gasteiger partial charge in [0, 0.05) is 51.0 Å². The summed E-state index contributed by atoms with van der Waals surface area (Å²) in [5.41, 5.74) is 0.551. The molecule has 198 valence electrons.